The van der Waals surface area contributed by atoms with Crippen LogP contribution in [0, 0.1) is 29.1 Å². The average Bonchev–Trinajstić information content (AvgIpc) is 3.69. The molecule has 0 radical (unpaired) electrons. The first-order chi connectivity index (χ1) is 24.8. The molecule has 4 aliphatic rings. The fourth-order valence-electron chi connectivity index (χ4n) is 8.45. The van der Waals surface area contributed by atoms with E-state index in [0.29, 0.717) is 31.8 Å². The van der Waals surface area contributed by atoms with Crippen molar-refractivity contribution in [1.82, 2.24) is 36.1 Å². The standard InChI is InChI=1S/C39H59N7O6/c1-5-10-29(35(49)38(52)43-27-15-16-27)44-37(51)34-28-14-9-13-25(28)23-46(34)33(48)20-31(39(2,3)4)45-32(47)19-26(24-11-7-6-8-12-24)21-42-36(50)30-22-40-17-18-41-30/h17-18,22,24-29,31,34H,5-16,19-21,23H2,1-4H3,(H,42,50)(H,43,52)(H,44,51)(H,45,47)/t25-,26-,28-,29-,31+,34-/m0/s1. The Labute approximate surface area is 308 Å². The zero-order valence-electron chi connectivity index (χ0n) is 31.5. The molecule has 6 atom stereocenters. The molecule has 1 aromatic heterocycles. The molecule has 0 aromatic carbocycles. The van der Waals surface area contributed by atoms with E-state index in [-0.39, 0.29) is 66.0 Å². The summed E-state index contributed by atoms with van der Waals surface area (Å²) in [6, 6.07) is -2.15. The van der Waals surface area contributed by atoms with Crippen LogP contribution in [0.15, 0.2) is 18.6 Å². The highest BCUT2D eigenvalue weighted by Gasteiger charge is 2.50. The second-order valence-corrected chi connectivity index (χ2v) is 16.7. The van der Waals surface area contributed by atoms with Gasteiger partial charge in [-0.2, -0.15) is 0 Å². The minimum atomic E-state index is -0.946. The van der Waals surface area contributed by atoms with Crippen molar-refractivity contribution in [2.75, 3.05) is 13.1 Å². The molecular weight excluding hydrogens is 662 g/mol. The highest BCUT2D eigenvalue weighted by atomic mass is 16.2. The third kappa shape index (κ3) is 10.4. The van der Waals surface area contributed by atoms with E-state index in [9.17, 15) is 28.8 Å². The van der Waals surface area contributed by atoms with E-state index in [1.165, 1.54) is 18.6 Å². The van der Waals surface area contributed by atoms with Gasteiger partial charge in [-0.25, -0.2) is 4.98 Å². The number of rotatable bonds is 16. The van der Waals surface area contributed by atoms with E-state index in [1.54, 1.807) is 4.90 Å². The van der Waals surface area contributed by atoms with Gasteiger partial charge >= 0.3 is 0 Å². The molecule has 0 spiro atoms. The van der Waals surface area contributed by atoms with Gasteiger partial charge in [-0.05, 0) is 61.2 Å². The number of amides is 5. The van der Waals surface area contributed by atoms with E-state index < -0.39 is 35.2 Å². The molecule has 3 saturated carbocycles. The summed E-state index contributed by atoms with van der Waals surface area (Å²) in [6.45, 7) is 8.66. The predicted octanol–water partition coefficient (Wildman–Crippen LogP) is 3.47. The van der Waals surface area contributed by atoms with Crippen molar-refractivity contribution in [3.8, 4) is 0 Å². The molecule has 5 amide bonds. The number of hydrogen-bond donors (Lipinski definition) is 4. The van der Waals surface area contributed by atoms with Gasteiger partial charge in [-0.1, -0.05) is 72.6 Å². The number of carbonyl (C=O) groups excluding carboxylic acids is 6. The van der Waals surface area contributed by atoms with Crippen LogP contribution < -0.4 is 21.3 Å². The van der Waals surface area contributed by atoms with Crippen LogP contribution in [0.5, 0.6) is 0 Å². The van der Waals surface area contributed by atoms with Crippen LogP contribution in [0.25, 0.3) is 0 Å². The SMILES string of the molecule is CCC[C@H](NC(=O)[C@@H]1[C@H]2CCC[C@H]2CN1C(=O)C[C@@H](NC(=O)C[C@@H](CNC(=O)c1cnccn1)C1CCCCC1)C(C)(C)C)C(=O)C(=O)NC1CC1. The number of carbonyl (C=O) groups is 6. The van der Waals surface area contributed by atoms with E-state index in [4.69, 9.17) is 0 Å². The Kier molecular flexibility index (Phi) is 13.4. The Bertz CT molecular complexity index is 1440. The second-order valence-electron chi connectivity index (χ2n) is 16.7. The summed E-state index contributed by atoms with van der Waals surface area (Å²) in [4.78, 5) is 90.2. The van der Waals surface area contributed by atoms with Gasteiger partial charge in [0.25, 0.3) is 11.8 Å². The maximum atomic E-state index is 14.2. The zero-order valence-corrected chi connectivity index (χ0v) is 31.5. The van der Waals surface area contributed by atoms with E-state index in [2.05, 4.69) is 31.2 Å². The lowest BCUT2D eigenvalue weighted by atomic mass is 9.78. The summed E-state index contributed by atoms with van der Waals surface area (Å²) in [6.07, 6.45) is 15.3. The quantitative estimate of drug-likeness (QED) is 0.187. The van der Waals surface area contributed by atoms with Crippen molar-refractivity contribution in [2.45, 2.75) is 142 Å². The number of aromatic nitrogens is 2. The maximum absolute atomic E-state index is 14.2. The molecule has 2 heterocycles. The summed E-state index contributed by atoms with van der Waals surface area (Å²) in [5, 5.41) is 11.8. The molecule has 1 aromatic rings. The minimum absolute atomic E-state index is 0.0161. The number of nitrogens with one attached hydrogen (secondary N) is 4. The van der Waals surface area contributed by atoms with Gasteiger partial charge in [0.15, 0.2) is 0 Å². The van der Waals surface area contributed by atoms with Crippen LogP contribution in [0.1, 0.15) is 128 Å². The number of likely N-dealkylation sites (tertiary alicyclic amines) is 1. The summed E-state index contributed by atoms with van der Waals surface area (Å²) in [7, 11) is 0. The molecule has 1 aliphatic heterocycles. The van der Waals surface area contributed by atoms with Crippen molar-refractivity contribution < 1.29 is 28.8 Å². The van der Waals surface area contributed by atoms with Gasteiger partial charge < -0.3 is 26.2 Å². The average molecular weight is 722 g/mol. The molecule has 13 nitrogen and oxygen atoms in total. The van der Waals surface area contributed by atoms with E-state index in [0.717, 1.165) is 64.2 Å². The van der Waals surface area contributed by atoms with Crippen molar-refractivity contribution in [3.63, 3.8) is 0 Å². The first kappa shape index (κ1) is 39.3. The normalized spacial score (nSPS) is 23.5. The minimum Gasteiger partial charge on any atom is -0.352 e. The van der Waals surface area contributed by atoms with E-state index >= 15 is 0 Å². The van der Waals surface area contributed by atoms with Gasteiger partial charge in [0, 0.05) is 50.4 Å². The van der Waals surface area contributed by atoms with Crippen LogP contribution in [0.2, 0.25) is 0 Å². The Morgan fingerprint density at radius 3 is 2.31 bits per heavy atom. The molecule has 3 aliphatic carbocycles. The number of hydrogen-bond acceptors (Lipinski definition) is 8. The maximum Gasteiger partial charge on any atom is 0.289 e. The molecule has 1 saturated heterocycles. The highest BCUT2D eigenvalue weighted by Crippen LogP contribution is 2.43. The van der Waals surface area contributed by atoms with Crippen LogP contribution in [-0.2, 0) is 24.0 Å². The second kappa shape index (κ2) is 17.7. The molecule has 13 heteroatoms. The van der Waals surface area contributed by atoms with Crippen LogP contribution in [0.3, 0.4) is 0 Å². The summed E-state index contributed by atoms with van der Waals surface area (Å²) >= 11 is 0. The fourth-order valence-corrected chi connectivity index (χ4v) is 8.45. The van der Waals surface area contributed by atoms with Crippen LogP contribution in [-0.4, -0.2) is 87.4 Å². The van der Waals surface area contributed by atoms with Crippen LogP contribution >= 0.6 is 0 Å². The molecule has 0 unspecified atom stereocenters. The molecule has 4 fully saturated rings. The molecule has 0 bridgehead atoms. The van der Waals surface area contributed by atoms with Gasteiger partial charge in [0.05, 0.1) is 12.2 Å². The van der Waals surface area contributed by atoms with E-state index in [1.807, 2.05) is 27.7 Å². The molecular formula is C39H59N7O6. The van der Waals surface area contributed by atoms with Crippen molar-refractivity contribution in [2.24, 2.45) is 29.1 Å². The largest absolute Gasteiger partial charge is 0.352 e. The van der Waals surface area contributed by atoms with Crippen molar-refractivity contribution >= 4 is 35.3 Å². The summed E-state index contributed by atoms with van der Waals surface area (Å²) in [5.41, 5.74) is -0.238. The van der Waals surface area contributed by atoms with Crippen molar-refractivity contribution in [1.29, 1.82) is 0 Å². The number of Topliss-reactive ketones (excluding diaryl/α,β-unsaturated/α-hetero) is 1. The number of nitrogens with zero attached hydrogens (tertiary/aromatic N) is 3. The smallest absolute Gasteiger partial charge is 0.289 e. The highest BCUT2D eigenvalue weighted by molar-refractivity contribution is 6.38. The first-order valence-corrected chi connectivity index (χ1v) is 19.6. The molecule has 4 N–H and O–H groups in total. The lowest BCUT2D eigenvalue weighted by Gasteiger charge is -2.35. The summed E-state index contributed by atoms with van der Waals surface area (Å²) < 4.78 is 0. The molecule has 5 rings (SSSR count). The zero-order chi connectivity index (χ0) is 37.4. The first-order valence-electron chi connectivity index (χ1n) is 19.6. The summed E-state index contributed by atoms with van der Waals surface area (Å²) in [5.74, 6) is -2.01. The lowest BCUT2D eigenvalue weighted by Crippen LogP contribution is -2.55. The Morgan fingerprint density at radius 1 is 0.904 bits per heavy atom. The van der Waals surface area contributed by atoms with Gasteiger partial charge in [0.2, 0.25) is 23.5 Å². The van der Waals surface area contributed by atoms with Gasteiger partial charge in [-0.3, -0.25) is 33.8 Å². The topological polar surface area (TPSA) is 180 Å². The molecule has 52 heavy (non-hydrogen) atoms. The fraction of sp³-hybridized carbons (Fsp3) is 0.744. The Morgan fingerprint density at radius 2 is 1.65 bits per heavy atom. The third-order valence-electron chi connectivity index (χ3n) is 11.7. The Balaban J connectivity index is 1.24. The van der Waals surface area contributed by atoms with Gasteiger partial charge in [-0.15, -0.1) is 0 Å². The lowest BCUT2D eigenvalue weighted by molar-refractivity contribution is -0.143. The number of fused-ring (bicyclic) bond motifs is 1. The number of ketones is 1. The van der Waals surface area contributed by atoms with Crippen LogP contribution in [0.4, 0.5) is 0 Å². The van der Waals surface area contributed by atoms with Gasteiger partial charge in [0.1, 0.15) is 11.7 Å². The molecule has 286 valence electrons. The Hall–Kier alpha value is -3.90. The third-order valence-corrected chi connectivity index (χ3v) is 11.7. The monoisotopic (exact) mass is 721 g/mol. The predicted molar refractivity (Wildman–Crippen MR) is 194 cm³/mol. The van der Waals surface area contributed by atoms with Crippen molar-refractivity contribution in [3.05, 3.63) is 24.3 Å².